The zero-order valence-corrected chi connectivity index (χ0v) is 14.4. The monoisotopic (exact) mass is 373 g/mol. The molecule has 2 aromatic carbocycles. The quantitative estimate of drug-likeness (QED) is 0.716. The van der Waals surface area contributed by atoms with Gasteiger partial charge in [0.2, 0.25) is 5.91 Å². The molecule has 0 spiro atoms. The summed E-state index contributed by atoms with van der Waals surface area (Å²) in [6, 6.07) is 9.50. The van der Waals surface area contributed by atoms with E-state index in [4.69, 9.17) is 0 Å². The van der Waals surface area contributed by atoms with E-state index in [1.807, 2.05) is 0 Å². The van der Waals surface area contributed by atoms with E-state index in [-0.39, 0.29) is 22.3 Å². The number of carbonyl (C=O) groups is 2. The summed E-state index contributed by atoms with van der Waals surface area (Å²) in [7, 11) is 0. The van der Waals surface area contributed by atoms with Crippen LogP contribution in [0.2, 0.25) is 0 Å². The molecule has 132 valence electrons. The topological polar surface area (TPSA) is 71.1 Å². The third-order valence-corrected chi connectivity index (χ3v) is 4.13. The predicted octanol–water partition coefficient (Wildman–Crippen LogP) is 4.30. The van der Waals surface area contributed by atoms with Gasteiger partial charge in [-0.3, -0.25) is 14.9 Å². The minimum absolute atomic E-state index is 0.0226. The van der Waals surface area contributed by atoms with E-state index in [1.54, 1.807) is 18.2 Å². The van der Waals surface area contributed by atoms with Crippen LogP contribution in [-0.2, 0) is 4.79 Å². The summed E-state index contributed by atoms with van der Waals surface area (Å²) in [4.78, 5) is 27.6. The summed E-state index contributed by atoms with van der Waals surface area (Å²) >= 11 is 1.09. The van der Waals surface area contributed by atoms with Crippen molar-refractivity contribution >= 4 is 34.0 Å². The summed E-state index contributed by atoms with van der Waals surface area (Å²) in [5, 5.41) is 6.97. The highest BCUT2D eigenvalue weighted by molar-refractivity contribution is 7.14. The van der Waals surface area contributed by atoms with Gasteiger partial charge in [0.05, 0.1) is 5.69 Å². The Morgan fingerprint density at radius 3 is 2.65 bits per heavy atom. The third kappa shape index (κ3) is 4.09. The molecule has 0 saturated heterocycles. The summed E-state index contributed by atoms with van der Waals surface area (Å²) in [6.07, 6.45) is 0. The summed E-state index contributed by atoms with van der Waals surface area (Å²) in [6.45, 7) is 1.37. The number of nitrogens with one attached hydrogen (secondary N) is 2. The smallest absolute Gasteiger partial charge is 0.257 e. The minimum Gasteiger partial charge on any atom is -0.326 e. The Hall–Kier alpha value is -3.13. The number of benzene rings is 2. The molecule has 0 bridgehead atoms. The molecule has 0 fully saturated rings. The first-order valence-corrected chi connectivity index (χ1v) is 8.40. The van der Waals surface area contributed by atoms with Crippen LogP contribution in [0.25, 0.3) is 11.3 Å². The van der Waals surface area contributed by atoms with Gasteiger partial charge >= 0.3 is 0 Å². The zero-order valence-electron chi connectivity index (χ0n) is 13.5. The van der Waals surface area contributed by atoms with Gasteiger partial charge < -0.3 is 5.32 Å². The Morgan fingerprint density at radius 2 is 1.88 bits per heavy atom. The van der Waals surface area contributed by atoms with Gasteiger partial charge in [0.15, 0.2) is 5.13 Å². The lowest BCUT2D eigenvalue weighted by Gasteiger charge is -2.05. The van der Waals surface area contributed by atoms with Crippen LogP contribution in [0.4, 0.5) is 19.6 Å². The minimum atomic E-state index is -0.599. The van der Waals surface area contributed by atoms with E-state index < -0.39 is 17.5 Å². The van der Waals surface area contributed by atoms with Crippen LogP contribution in [0.5, 0.6) is 0 Å². The van der Waals surface area contributed by atoms with E-state index in [0.717, 1.165) is 29.5 Å². The van der Waals surface area contributed by atoms with Gasteiger partial charge in [-0.15, -0.1) is 11.3 Å². The highest BCUT2D eigenvalue weighted by atomic mass is 32.1. The molecule has 0 atom stereocenters. The fourth-order valence-corrected chi connectivity index (χ4v) is 2.96. The maximum Gasteiger partial charge on any atom is 0.257 e. The Balaban J connectivity index is 1.78. The number of amides is 2. The second kappa shape index (κ2) is 7.40. The number of hydrogen-bond acceptors (Lipinski definition) is 4. The lowest BCUT2D eigenvalue weighted by Crippen LogP contribution is -2.13. The van der Waals surface area contributed by atoms with Gasteiger partial charge in [-0.1, -0.05) is 6.07 Å². The van der Waals surface area contributed by atoms with Crippen molar-refractivity contribution in [1.29, 1.82) is 0 Å². The largest absolute Gasteiger partial charge is 0.326 e. The standard InChI is InChI=1S/C18H13F2N3O2S/c1-10(24)21-13-4-2-3-11(7-13)17(25)23-18-22-16(9-26-18)14-8-12(19)5-6-15(14)20/h2-9H,1H3,(H,21,24)(H,22,23,25). The fourth-order valence-electron chi connectivity index (χ4n) is 2.26. The van der Waals surface area contributed by atoms with Gasteiger partial charge in [0, 0.05) is 29.1 Å². The normalized spacial score (nSPS) is 10.4. The van der Waals surface area contributed by atoms with Crippen LogP contribution in [0.1, 0.15) is 17.3 Å². The van der Waals surface area contributed by atoms with Gasteiger partial charge in [-0.2, -0.15) is 0 Å². The van der Waals surface area contributed by atoms with Gasteiger partial charge in [-0.05, 0) is 36.4 Å². The predicted molar refractivity (Wildman–Crippen MR) is 96.2 cm³/mol. The SMILES string of the molecule is CC(=O)Nc1cccc(C(=O)Nc2nc(-c3cc(F)ccc3F)cs2)c1. The van der Waals surface area contributed by atoms with Crippen LogP contribution in [0, 0.1) is 11.6 Å². The fraction of sp³-hybridized carbons (Fsp3) is 0.0556. The molecular formula is C18H13F2N3O2S. The maximum atomic E-state index is 13.8. The molecule has 0 aliphatic heterocycles. The summed E-state index contributed by atoms with van der Waals surface area (Å²) in [5.41, 5.74) is 1.07. The van der Waals surface area contributed by atoms with Crippen molar-refractivity contribution in [2.45, 2.75) is 6.92 Å². The molecule has 0 radical (unpaired) electrons. The van der Waals surface area contributed by atoms with Crippen LogP contribution >= 0.6 is 11.3 Å². The average molecular weight is 373 g/mol. The van der Waals surface area contributed by atoms with E-state index >= 15 is 0 Å². The number of hydrogen-bond donors (Lipinski definition) is 2. The summed E-state index contributed by atoms with van der Waals surface area (Å²) < 4.78 is 27.1. The van der Waals surface area contributed by atoms with Gasteiger partial charge in [-0.25, -0.2) is 13.8 Å². The van der Waals surface area contributed by atoms with Crippen LogP contribution in [0.15, 0.2) is 47.8 Å². The Labute approximate surface area is 151 Å². The maximum absolute atomic E-state index is 13.8. The Kier molecular flexibility index (Phi) is 5.04. The molecule has 2 amide bonds. The Bertz CT molecular complexity index is 988. The van der Waals surface area contributed by atoms with Crippen molar-refractivity contribution in [3.05, 3.63) is 65.0 Å². The van der Waals surface area contributed by atoms with Crippen molar-refractivity contribution in [3.8, 4) is 11.3 Å². The number of nitrogens with zero attached hydrogens (tertiary/aromatic N) is 1. The number of carbonyl (C=O) groups excluding carboxylic acids is 2. The molecule has 0 saturated carbocycles. The highest BCUT2D eigenvalue weighted by Gasteiger charge is 2.13. The van der Waals surface area contributed by atoms with Crippen LogP contribution in [-0.4, -0.2) is 16.8 Å². The number of halogens is 2. The summed E-state index contributed by atoms with van der Waals surface area (Å²) in [5.74, 6) is -1.85. The first-order valence-electron chi connectivity index (χ1n) is 7.52. The Morgan fingerprint density at radius 1 is 1.08 bits per heavy atom. The lowest BCUT2D eigenvalue weighted by molar-refractivity contribution is -0.114. The second-order valence-electron chi connectivity index (χ2n) is 5.38. The molecule has 1 aromatic heterocycles. The highest BCUT2D eigenvalue weighted by Crippen LogP contribution is 2.28. The molecular weight excluding hydrogens is 360 g/mol. The number of thiazole rings is 1. The molecule has 26 heavy (non-hydrogen) atoms. The van der Waals surface area contributed by atoms with E-state index in [9.17, 15) is 18.4 Å². The molecule has 5 nitrogen and oxygen atoms in total. The van der Waals surface area contributed by atoms with E-state index in [0.29, 0.717) is 11.3 Å². The molecule has 0 aliphatic rings. The van der Waals surface area contributed by atoms with Crippen molar-refractivity contribution in [2.24, 2.45) is 0 Å². The van der Waals surface area contributed by atoms with Crippen LogP contribution < -0.4 is 10.6 Å². The first kappa shape index (κ1) is 17.7. The average Bonchev–Trinajstić information content (AvgIpc) is 3.05. The molecule has 3 aromatic rings. The lowest BCUT2D eigenvalue weighted by atomic mass is 10.1. The second-order valence-corrected chi connectivity index (χ2v) is 6.24. The van der Waals surface area contributed by atoms with E-state index in [1.165, 1.54) is 18.4 Å². The van der Waals surface area contributed by atoms with Gasteiger partial charge in [0.25, 0.3) is 5.91 Å². The first-order chi connectivity index (χ1) is 12.4. The molecule has 3 rings (SSSR count). The number of anilines is 2. The molecule has 2 N–H and O–H groups in total. The molecule has 0 aliphatic carbocycles. The van der Waals surface area contributed by atoms with Crippen molar-refractivity contribution in [1.82, 2.24) is 4.98 Å². The molecule has 1 heterocycles. The van der Waals surface area contributed by atoms with E-state index in [2.05, 4.69) is 15.6 Å². The van der Waals surface area contributed by atoms with Crippen molar-refractivity contribution < 1.29 is 18.4 Å². The van der Waals surface area contributed by atoms with Crippen LogP contribution in [0.3, 0.4) is 0 Å². The third-order valence-electron chi connectivity index (χ3n) is 3.37. The number of rotatable bonds is 4. The zero-order chi connectivity index (χ0) is 18.7. The van der Waals surface area contributed by atoms with Gasteiger partial charge in [0.1, 0.15) is 11.6 Å². The molecule has 0 unspecified atom stereocenters. The van der Waals surface area contributed by atoms with Crippen molar-refractivity contribution in [3.63, 3.8) is 0 Å². The molecule has 8 heteroatoms. The number of aromatic nitrogens is 1. The van der Waals surface area contributed by atoms with Crippen molar-refractivity contribution in [2.75, 3.05) is 10.6 Å².